The monoisotopic (exact) mass is 314 g/mol. The van der Waals surface area contributed by atoms with Crippen LogP contribution in [0.4, 0.5) is 0 Å². The molecule has 0 bridgehead atoms. The van der Waals surface area contributed by atoms with Gasteiger partial charge in [-0.25, -0.2) is 4.98 Å². The molecule has 6 heteroatoms. The Morgan fingerprint density at radius 1 is 1.39 bits per heavy atom. The SMILES string of the molecule is O=C(CCCn1cncn1)NC[C@H]1CCOc2ccccc2C1. The van der Waals surface area contributed by atoms with Gasteiger partial charge in [0, 0.05) is 19.5 Å². The van der Waals surface area contributed by atoms with E-state index in [0.717, 1.165) is 31.6 Å². The molecule has 1 aliphatic rings. The number of para-hydroxylation sites is 1. The first-order valence-electron chi connectivity index (χ1n) is 8.11. The van der Waals surface area contributed by atoms with Crippen molar-refractivity contribution in [3.05, 3.63) is 42.5 Å². The van der Waals surface area contributed by atoms with Crippen LogP contribution in [0.3, 0.4) is 0 Å². The number of hydrogen-bond donors (Lipinski definition) is 1. The van der Waals surface area contributed by atoms with Gasteiger partial charge in [0.25, 0.3) is 0 Å². The summed E-state index contributed by atoms with van der Waals surface area (Å²) in [5.74, 6) is 1.51. The molecule has 0 unspecified atom stereocenters. The molecule has 0 saturated heterocycles. The highest BCUT2D eigenvalue weighted by Crippen LogP contribution is 2.26. The van der Waals surface area contributed by atoms with E-state index >= 15 is 0 Å². The van der Waals surface area contributed by atoms with E-state index in [4.69, 9.17) is 4.74 Å². The Bertz CT molecular complexity index is 627. The van der Waals surface area contributed by atoms with E-state index in [0.29, 0.717) is 25.5 Å². The third kappa shape index (κ3) is 4.55. The van der Waals surface area contributed by atoms with Crippen molar-refractivity contribution < 1.29 is 9.53 Å². The Morgan fingerprint density at radius 3 is 3.17 bits per heavy atom. The number of nitrogens with one attached hydrogen (secondary N) is 1. The molecule has 0 spiro atoms. The first-order valence-corrected chi connectivity index (χ1v) is 8.11. The molecule has 1 atom stereocenters. The van der Waals surface area contributed by atoms with Gasteiger partial charge in [-0.05, 0) is 36.8 Å². The molecule has 23 heavy (non-hydrogen) atoms. The molecule has 1 amide bonds. The lowest BCUT2D eigenvalue weighted by Crippen LogP contribution is -2.30. The van der Waals surface area contributed by atoms with Gasteiger partial charge in [0.1, 0.15) is 18.4 Å². The van der Waals surface area contributed by atoms with Crippen LogP contribution in [-0.2, 0) is 17.8 Å². The molecule has 1 aromatic heterocycles. The van der Waals surface area contributed by atoms with E-state index in [-0.39, 0.29) is 5.91 Å². The maximum atomic E-state index is 12.0. The topological polar surface area (TPSA) is 69.0 Å². The summed E-state index contributed by atoms with van der Waals surface area (Å²) in [4.78, 5) is 15.8. The van der Waals surface area contributed by atoms with Gasteiger partial charge in [-0.1, -0.05) is 18.2 Å². The zero-order chi connectivity index (χ0) is 15.9. The lowest BCUT2D eigenvalue weighted by Gasteiger charge is -2.14. The zero-order valence-electron chi connectivity index (χ0n) is 13.1. The minimum Gasteiger partial charge on any atom is -0.493 e. The number of aryl methyl sites for hydroxylation is 1. The summed E-state index contributed by atoms with van der Waals surface area (Å²) in [5.41, 5.74) is 1.23. The first kappa shape index (κ1) is 15.5. The smallest absolute Gasteiger partial charge is 0.220 e. The van der Waals surface area contributed by atoms with Gasteiger partial charge in [0.05, 0.1) is 6.61 Å². The average molecular weight is 314 g/mol. The molecule has 1 N–H and O–H groups in total. The number of benzene rings is 1. The van der Waals surface area contributed by atoms with E-state index in [1.165, 1.54) is 11.9 Å². The molecule has 122 valence electrons. The van der Waals surface area contributed by atoms with Crippen LogP contribution in [0, 0.1) is 5.92 Å². The Kier molecular flexibility index (Phi) is 5.24. The number of nitrogens with zero attached hydrogens (tertiary/aromatic N) is 3. The molecular formula is C17H22N4O2. The third-order valence-electron chi connectivity index (χ3n) is 4.11. The highest BCUT2D eigenvalue weighted by molar-refractivity contribution is 5.75. The maximum Gasteiger partial charge on any atom is 0.220 e. The van der Waals surface area contributed by atoms with Gasteiger partial charge < -0.3 is 10.1 Å². The molecule has 6 nitrogen and oxygen atoms in total. The second kappa shape index (κ2) is 7.76. The van der Waals surface area contributed by atoms with E-state index in [9.17, 15) is 4.79 Å². The van der Waals surface area contributed by atoms with Crippen LogP contribution < -0.4 is 10.1 Å². The molecular weight excluding hydrogens is 292 g/mol. The van der Waals surface area contributed by atoms with Crippen molar-refractivity contribution in [3.63, 3.8) is 0 Å². The first-order chi connectivity index (χ1) is 11.3. The van der Waals surface area contributed by atoms with Crippen LogP contribution in [-0.4, -0.2) is 33.8 Å². The largest absolute Gasteiger partial charge is 0.493 e. The number of rotatable bonds is 6. The summed E-state index contributed by atoms with van der Waals surface area (Å²) in [6.07, 6.45) is 6.38. The number of ether oxygens (including phenoxy) is 1. The normalized spacial score (nSPS) is 17.0. The highest BCUT2D eigenvalue weighted by Gasteiger charge is 2.17. The number of aromatic nitrogens is 3. The van der Waals surface area contributed by atoms with Crippen LogP contribution in [0.1, 0.15) is 24.8 Å². The van der Waals surface area contributed by atoms with Gasteiger partial charge in [0.2, 0.25) is 5.91 Å². The fourth-order valence-electron chi connectivity index (χ4n) is 2.83. The summed E-state index contributed by atoms with van der Waals surface area (Å²) in [5, 5.41) is 7.08. The molecule has 0 saturated carbocycles. The van der Waals surface area contributed by atoms with E-state index in [1.807, 2.05) is 18.2 Å². The van der Waals surface area contributed by atoms with Crippen LogP contribution in [0.5, 0.6) is 5.75 Å². The molecule has 3 rings (SSSR count). The Labute approximate surface area is 135 Å². The molecule has 1 aromatic carbocycles. The van der Waals surface area contributed by atoms with E-state index in [1.54, 1.807) is 11.0 Å². The van der Waals surface area contributed by atoms with Crippen molar-refractivity contribution >= 4 is 5.91 Å². The van der Waals surface area contributed by atoms with Gasteiger partial charge in [0.15, 0.2) is 0 Å². The highest BCUT2D eigenvalue weighted by atomic mass is 16.5. The minimum atomic E-state index is 0.101. The van der Waals surface area contributed by atoms with Gasteiger partial charge in [-0.2, -0.15) is 5.10 Å². The summed E-state index contributed by atoms with van der Waals surface area (Å²) < 4.78 is 7.51. The van der Waals surface area contributed by atoms with E-state index in [2.05, 4.69) is 21.5 Å². The number of amides is 1. The van der Waals surface area contributed by atoms with Crippen molar-refractivity contribution in [2.45, 2.75) is 32.2 Å². The standard InChI is InChI=1S/C17H22N4O2/c22-17(6-3-8-21-13-18-12-20-21)19-11-14-7-9-23-16-5-2-1-4-15(16)10-14/h1-2,4-5,12-14H,3,6-11H2,(H,19,22)/t14-/m0/s1. The summed E-state index contributed by atoms with van der Waals surface area (Å²) in [7, 11) is 0. The van der Waals surface area contributed by atoms with E-state index < -0.39 is 0 Å². The van der Waals surface area contributed by atoms with Crippen LogP contribution in [0.2, 0.25) is 0 Å². The van der Waals surface area contributed by atoms with Gasteiger partial charge >= 0.3 is 0 Å². The number of fused-ring (bicyclic) bond motifs is 1. The predicted molar refractivity (Wildman–Crippen MR) is 86.0 cm³/mol. The minimum absolute atomic E-state index is 0.101. The second-order valence-corrected chi connectivity index (χ2v) is 5.88. The Hall–Kier alpha value is -2.37. The van der Waals surface area contributed by atoms with Crippen molar-refractivity contribution in [2.24, 2.45) is 5.92 Å². The van der Waals surface area contributed by atoms with Gasteiger partial charge in [-0.15, -0.1) is 0 Å². The van der Waals surface area contributed by atoms with Crippen molar-refractivity contribution in [1.82, 2.24) is 20.1 Å². The molecule has 0 aliphatic carbocycles. The van der Waals surface area contributed by atoms with Crippen molar-refractivity contribution in [3.8, 4) is 5.75 Å². The summed E-state index contributed by atoms with van der Waals surface area (Å²) in [6, 6.07) is 8.15. The summed E-state index contributed by atoms with van der Waals surface area (Å²) in [6.45, 7) is 2.14. The lowest BCUT2D eigenvalue weighted by atomic mass is 9.97. The van der Waals surface area contributed by atoms with Crippen molar-refractivity contribution in [1.29, 1.82) is 0 Å². The Morgan fingerprint density at radius 2 is 2.30 bits per heavy atom. The molecule has 2 heterocycles. The van der Waals surface area contributed by atoms with Crippen LogP contribution in [0.15, 0.2) is 36.9 Å². The molecule has 0 fully saturated rings. The van der Waals surface area contributed by atoms with Crippen molar-refractivity contribution in [2.75, 3.05) is 13.2 Å². The van der Waals surface area contributed by atoms with Gasteiger partial charge in [-0.3, -0.25) is 9.48 Å². The fraction of sp³-hybridized carbons (Fsp3) is 0.471. The Balaban J connectivity index is 1.40. The molecule has 2 aromatic rings. The maximum absolute atomic E-state index is 12.0. The second-order valence-electron chi connectivity index (χ2n) is 5.88. The average Bonchev–Trinajstić information content (AvgIpc) is 2.98. The van der Waals surface area contributed by atoms with Crippen LogP contribution in [0.25, 0.3) is 0 Å². The lowest BCUT2D eigenvalue weighted by molar-refractivity contribution is -0.121. The quantitative estimate of drug-likeness (QED) is 0.883. The number of carbonyl (C=O) groups excluding carboxylic acids is 1. The number of carbonyl (C=O) groups is 1. The molecule has 0 radical (unpaired) electrons. The molecule has 1 aliphatic heterocycles. The number of hydrogen-bond acceptors (Lipinski definition) is 4. The third-order valence-corrected chi connectivity index (χ3v) is 4.11. The fourth-order valence-corrected chi connectivity index (χ4v) is 2.83. The van der Waals surface area contributed by atoms with Crippen LogP contribution >= 0.6 is 0 Å². The predicted octanol–water partition coefficient (Wildman–Crippen LogP) is 1.82. The zero-order valence-corrected chi connectivity index (χ0v) is 13.1. The summed E-state index contributed by atoms with van der Waals surface area (Å²) >= 11 is 0.